The van der Waals surface area contributed by atoms with E-state index in [1.807, 2.05) is 19.9 Å². The van der Waals surface area contributed by atoms with E-state index in [-0.39, 0.29) is 12.0 Å². The molecular formula is C24H34O7. The van der Waals surface area contributed by atoms with Gasteiger partial charge in [0.05, 0.1) is 5.60 Å². The summed E-state index contributed by atoms with van der Waals surface area (Å²) in [6, 6.07) is 0. The van der Waals surface area contributed by atoms with Crippen molar-refractivity contribution in [1.82, 2.24) is 0 Å². The predicted molar refractivity (Wildman–Crippen MR) is 115 cm³/mol. The molecule has 1 aliphatic carbocycles. The van der Waals surface area contributed by atoms with Crippen LogP contribution in [-0.2, 0) is 28.6 Å². The molecule has 0 aromatic carbocycles. The van der Waals surface area contributed by atoms with E-state index in [1.54, 1.807) is 6.92 Å². The summed E-state index contributed by atoms with van der Waals surface area (Å²) >= 11 is 0. The minimum absolute atomic E-state index is 0.121. The second kappa shape index (κ2) is 10.3. The zero-order chi connectivity index (χ0) is 23.3. The Hall–Kier alpha value is -2.41. The van der Waals surface area contributed by atoms with Gasteiger partial charge in [-0.25, -0.2) is 4.79 Å². The second-order valence-electron chi connectivity index (χ2n) is 8.80. The lowest BCUT2D eigenvalue weighted by atomic mass is 9.80. The molecule has 1 saturated heterocycles. The van der Waals surface area contributed by atoms with Crippen molar-refractivity contribution in [2.75, 3.05) is 0 Å². The largest absolute Gasteiger partial charge is 0.459 e. The zero-order valence-electron chi connectivity index (χ0n) is 19.1. The van der Waals surface area contributed by atoms with Crippen molar-refractivity contribution >= 4 is 17.9 Å². The van der Waals surface area contributed by atoms with Crippen LogP contribution in [0.3, 0.4) is 0 Å². The molecule has 31 heavy (non-hydrogen) atoms. The molecule has 0 amide bonds. The standard InChI is InChI=1S/C24H34O7/c1-14-9-7-11-15(2)21(30-18(5)26)22-19(16(3)23(27)31-22)13-20(29-17(4)25)24(6,28)12-8-10-14/h10-11,19-22,28H,3,7-9,12-13H2,1-2,4-6H3/t19-,20+,21+,22-,24-/m1/s1. The Labute approximate surface area is 184 Å². The number of aliphatic hydroxyl groups is 1. The summed E-state index contributed by atoms with van der Waals surface area (Å²) in [5.74, 6) is -2.19. The number of ether oxygens (including phenoxy) is 3. The third-order valence-electron chi connectivity index (χ3n) is 6.01. The molecule has 1 fully saturated rings. The molecule has 0 aromatic rings. The molecule has 7 nitrogen and oxygen atoms in total. The first-order valence-corrected chi connectivity index (χ1v) is 10.7. The van der Waals surface area contributed by atoms with Crippen molar-refractivity contribution < 1.29 is 33.7 Å². The van der Waals surface area contributed by atoms with Crippen LogP contribution in [0.25, 0.3) is 0 Å². The fraction of sp³-hybridized carbons (Fsp3) is 0.625. The van der Waals surface area contributed by atoms with E-state index >= 15 is 0 Å². The van der Waals surface area contributed by atoms with Gasteiger partial charge < -0.3 is 19.3 Å². The van der Waals surface area contributed by atoms with E-state index in [9.17, 15) is 19.5 Å². The van der Waals surface area contributed by atoms with E-state index in [0.717, 1.165) is 18.4 Å². The zero-order valence-corrected chi connectivity index (χ0v) is 19.1. The first-order chi connectivity index (χ1) is 14.4. The van der Waals surface area contributed by atoms with Crippen LogP contribution in [0, 0.1) is 5.92 Å². The summed E-state index contributed by atoms with van der Waals surface area (Å²) in [6.07, 6.45) is 4.24. The van der Waals surface area contributed by atoms with Gasteiger partial charge in [0, 0.05) is 25.3 Å². The number of carbonyl (C=O) groups excluding carboxylic acids is 3. The molecule has 7 heteroatoms. The van der Waals surface area contributed by atoms with Gasteiger partial charge in [0.15, 0.2) is 12.2 Å². The summed E-state index contributed by atoms with van der Waals surface area (Å²) in [5.41, 5.74) is 0.827. The summed E-state index contributed by atoms with van der Waals surface area (Å²) in [6.45, 7) is 11.9. The Kier molecular flexibility index (Phi) is 8.23. The van der Waals surface area contributed by atoms with Crippen LogP contribution in [-0.4, -0.2) is 46.9 Å². The van der Waals surface area contributed by atoms with Crippen LogP contribution < -0.4 is 0 Å². The van der Waals surface area contributed by atoms with Crippen molar-refractivity contribution in [2.24, 2.45) is 5.92 Å². The number of hydrogen-bond acceptors (Lipinski definition) is 7. The minimum Gasteiger partial charge on any atom is -0.459 e. The first-order valence-electron chi connectivity index (χ1n) is 10.7. The average Bonchev–Trinajstić information content (AvgIpc) is 2.92. The summed E-state index contributed by atoms with van der Waals surface area (Å²) in [7, 11) is 0. The van der Waals surface area contributed by atoms with Crippen LogP contribution in [0.4, 0.5) is 0 Å². The van der Waals surface area contributed by atoms with Crippen molar-refractivity contribution in [2.45, 2.75) is 90.6 Å². The van der Waals surface area contributed by atoms with Crippen molar-refractivity contribution in [3.05, 3.63) is 35.5 Å². The highest BCUT2D eigenvalue weighted by Gasteiger charge is 2.48. The lowest BCUT2D eigenvalue weighted by Gasteiger charge is -2.35. The SMILES string of the molecule is C=C1C(=O)O[C@@H]2[C@@H]1C[C@H](OC(C)=O)[C@](C)(O)CCC=C(C)CCC=C(C)[C@@H]2OC(C)=O. The maximum Gasteiger partial charge on any atom is 0.334 e. The van der Waals surface area contributed by atoms with E-state index in [1.165, 1.54) is 19.4 Å². The van der Waals surface area contributed by atoms with Gasteiger partial charge in [-0.3, -0.25) is 9.59 Å². The van der Waals surface area contributed by atoms with Gasteiger partial charge in [-0.15, -0.1) is 0 Å². The Bertz CT molecular complexity index is 790. The fourth-order valence-corrected chi connectivity index (χ4v) is 4.16. The highest BCUT2D eigenvalue weighted by atomic mass is 16.6. The van der Waals surface area contributed by atoms with Crippen molar-refractivity contribution in [3.63, 3.8) is 0 Å². The average molecular weight is 435 g/mol. The summed E-state index contributed by atoms with van der Waals surface area (Å²) in [5, 5.41) is 11.2. The molecular weight excluding hydrogens is 400 g/mol. The second-order valence-corrected chi connectivity index (χ2v) is 8.80. The molecule has 0 radical (unpaired) electrons. The maximum absolute atomic E-state index is 12.4. The van der Waals surface area contributed by atoms with Gasteiger partial charge in [0.25, 0.3) is 0 Å². The van der Waals surface area contributed by atoms with Crippen molar-refractivity contribution in [1.29, 1.82) is 0 Å². The Morgan fingerprint density at radius 2 is 1.81 bits per heavy atom. The molecule has 0 unspecified atom stereocenters. The third-order valence-corrected chi connectivity index (χ3v) is 6.01. The number of carbonyl (C=O) groups is 3. The van der Waals surface area contributed by atoms with Crippen molar-refractivity contribution in [3.8, 4) is 0 Å². The first kappa shape index (κ1) is 24.9. The Balaban J connectivity index is 2.51. The van der Waals surface area contributed by atoms with E-state index < -0.39 is 47.7 Å². The normalized spacial score (nSPS) is 32.7. The molecule has 2 rings (SSSR count). The fourth-order valence-electron chi connectivity index (χ4n) is 4.16. The van der Waals surface area contributed by atoms with Gasteiger partial charge in [-0.2, -0.15) is 0 Å². The lowest BCUT2D eigenvalue weighted by Crippen LogP contribution is -2.46. The molecule has 0 spiro atoms. The molecule has 172 valence electrons. The van der Waals surface area contributed by atoms with E-state index in [0.29, 0.717) is 12.8 Å². The Morgan fingerprint density at radius 3 is 2.42 bits per heavy atom. The smallest absolute Gasteiger partial charge is 0.334 e. The topological polar surface area (TPSA) is 99.1 Å². The number of hydrogen-bond donors (Lipinski definition) is 1. The van der Waals surface area contributed by atoms with Gasteiger partial charge in [0.1, 0.15) is 6.10 Å². The molecule has 0 bridgehead atoms. The number of allylic oxidation sites excluding steroid dienone is 3. The molecule has 1 N–H and O–H groups in total. The lowest BCUT2D eigenvalue weighted by molar-refractivity contribution is -0.167. The molecule has 5 atom stereocenters. The van der Waals surface area contributed by atoms with Gasteiger partial charge in [-0.05, 0) is 58.4 Å². The van der Waals surface area contributed by atoms with Gasteiger partial charge in [-0.1, -0.05) is 24.3 Å². The molecule has 0 aromatic heterocycles. The minimum atomic E-state index is -1.33. The molecule has 2 aliphatic rings. The molecule has 0 saturated carbocycles. The molecule has 1 heterocycles. The van der Waals surface area contributed by atoms with Crippen LogP contribution in [0.15, 0.2) is 35.5 Å². The Morgan fingerprint density at radius 1 is 1.16 bits per heavy atom. The molecule has 1 aliphatic heterocycles. The highest BCUT2D eigenvalue weighted by Crippen LogP contribution is 2.39. The number of fused-ring (bicyclic) bond motifs is 1. The summed E-state index contributed by atoms with van der Waals surface area (Å²) in [4.78, 5) is 36.0. The predicted octanol–water partition coefficient (Wildman–Crippen LogP) is 3.56. The maximum atomic E-state index is 12.4. The number of rotatable bonds is 2. The summed E-state index contributed by atoms with van der Waals surface area (Å²) < 4.78 is 16.6. The van der Waals surface area contributed by atoms with Crippen LogP contribution >= 0.6 is 0 Å². The number of esters is 3. The van der Waals surface area contributed by atoms with Crippen LogP contribution in [0.5, 0.6) is 0 Å². The van der Waals surface area contributed by atoms with E-state index in [2.05, 4.69) is 12.7 Å². The third kappa shape index (κ3) is 6.53. The quantitative estimate of drug-likeness (QED) is 0.307. The highest BCUT2D eigenvalue weighted by molar-refractivity contribution is 5.91. The van der Waals surface area contributed by atoms with Gasteiger partial charge >= 0.3 is 17.9 Å². The van der Waals surface area contributed by atoms with Crippen LogP contribution in [0.2, 0.25) is 0 Å². The van der Waals surface area contributed by atoms with E-state index in [4.69, 9.17) is 14.2 Å². The van der Waals surface area contributed by atoms with Gasteiger partial charge in [0.2, 0.25) is 0 Å². The monoisotopic (exact) mass is 434 g/mol. The van der Waals surface area contributed by atoms with Crippen LogP contribution in [0.1, 0.15) is 66.7 Å².